The number of ether oxygens (including phenoxy) is 1. The van der Waals surface area contributed by atoms with Crippen LogP contribution in [0.25, 0.3) is 0 Å². The first-order valence-electron chi connectivity index (χ1n) is 6.35. The summed E-state index contributed by atoms with van der Waals surface area (Å²) in [5.74, 6) is 0.850. The second-order valence-electron chi connectivity index (χ2n) is 4.74. The molecule has 0 heterocycles. The quantitative estimate of drug-likeness (QED) is 0.709. The maximum absolute atomic E-state index is 12.3. The molecule has 0 aromatic heterocycles. The van der Waals surface area contributed by atoms with Crippen molar-refractivity contribution >= 4 is 5.91 Å². The van der Waals surface area contributed by atoms with Gasteiger partial charge in [-0.05, 0) is 18.8 Å². The van der Waals surface area contributed by atoms with Crippen LogP contribution in [0.15, 0.2) is 0 Å². The van der Waals surface area contributed by atoms with Gasteiger partial charge in [-0.25, -0.2) is 0 Å². The fraction of sp³-hybridized carbons (Fsp3) is 0.846. The normalized spacial score (nSPS) is 23.4. The van der Waals surface area contributed by atoms with E-state index < -0.39 is 0 Å². The molecular weight excluding hydrogens is 216 g/mol. The number of carbonyl (C=O) groups excluding carboxylic acids is 1. The summed E-state index contributed by atoms with van der Waals surface area (Å²) in [5, 5.41) is 8.62. The van der Waals surface area contributed by atoms with Crippen molar-refractivity contribution < 1.29 is 9.53 Å². The molecule has 0 aromatic carbocycles. The Hall–Kier alpha value is -1.08. The van der Waals surface area contributed by atoms with Gasteiger partial charge in [-0.15, -0.1) is 0 Å². The van der Waals surface area contributed by atoms with E-state index in [1.165, 1.54) is 0 Å². The van der Waals surface area contributed by atoms with Crippen molar-refractivity contribution in [2.45, 2.75) is 32.6 Å². The molecule has 17 heavy (non-hydrogen) atoms. The summed E-state index contributed by atoms with van der Waals surface area (Å²) in [5.41, 5.74) is 0. The van der Waals surface area contributed by atoms with E-state index in [0.29, 0.717) is 32.0 Å². The molecule has 1 aliphatic carbocycles. The molecule has 0 saturated heterocycles. The number of hydrogen-bond donors (Lipinski definition) is 0. The summed E-state index contributed by atoms with van der Waals surface area (Å²) in [7, 11) is 1.63. The van der Waals surface area contributed by atoms with E-state index in [1.54, 1.807) is 12.0 Å². The van der Waals surface area contributed by atoms with Crippen molar-refractivity contribution in [2.75, 3.05) is 26.8 Å². The third-order valence-corrected chi connectivity index (χ3v) is 3.55. The monoisotopic (exact) mass is 238 g/mol. The van der Waals surface area contributed by atoms with Crippen molar-refractivity contribution in [1.29, 1.82) is 5.26 Å². The SMILES string of the molecule is COCCN(CCC#N)C(=O)C1CCCC1C. The molecule has 0 N–H and O–H groups in total. The van der Waals surface area contributed by atoms with Gasteiger partial charge in [0.1, 0.15) is 0 Å². The fourth-order valence-electron chi connectivity index (χ4n) is 2.47. The molecule has 1 amide bonds. The van der Waals surface area contributed by atoms with Crippen LogP contribution in [0.5, 0.6) is 0 Å². The summed E-state index contributed by atoms with van der Waals surface area (Å²) in [6.07, 6.45) is 3.69. The van der Waals surface area contributed by atoms with Crippen LogP contribution in [0.4, 0.5) is 0 Å². The Balaban J connectivity index is 2.54. The van der Waals surface area contributed by atoms with E-state index in [2.05, 4.69) is 13.0 Å². The summed E-state index contributed by atoms with van der Waals surface area (Å²) < 4.78 is 5.02. The molecule has 0 aromatic rings. The van der Waals surface area contributed by atoms with E-state index in [9.17, 15) is 4.79 Å². The highest BCUT2D eigenvalue weighted by molar-refractivity contribution is 5.79. The molecule has 0 bridgehead atoms. The number of nitriles is 1. The zero-order chi connectivity index (χ0) is 12.7. The minimum Gasteiger partial charge on any atom is -0.383 e. The Labute approximate surface area is 104 Å². The molecule has 1 fully saturated rings. The molecule has 1 rings (SSSR count). The molecular formula is C13H22N2O2. The van der Waals surface area contributed by atoms with E-state index >= 15 is 0 Å². The highest BCUT2D eigenvalue weighted by Crippen LogP contribution is 2.32. The number of methoxy groups -OCH3 is 1. The Kier molecular flexibility index (Phi) is 5.99. The van der Waals surface area contributed by atoms with Crippen LogP contribution in [0.3, 0.4) is 0 Å². The smallest absolute Gasteiger partial charge is 0.226 e. The minimum atomic E-state index is 0.158. The Morgan fingerprint density at radius 3 is 2.76 bits per heavy atom. The molecule has 4 heteroatoms. The van der Waals surface area contributed by atoms with Crippen molar-refractivity contribution in [3.05, 3.63) is 0 Å². The molecule has 2 atom stereocenters. The molecule has 0 aliphatic heterocycles. The van der Waals surface area contributed by atoms with E-state index in [1.807, 2.05) is 0 Å². The molecule has 4 nitrogen and oxygen atoms in total. The van der Waals surface area contributed by atoms with E-state index in [-0.39, 0.29) is 11.8 Å². The highest BCUT2D eigenvalue weighted by Gasteiger charge is 2.32. The van der Waals surface area contributed by atoms with Gasteiger partial charge >= 0.3 is 0 Å². The lowest BCUT2D eigenvalue weighted by Crippen LogP contribution is -2.39. The lowest BCUT2D eigenvalue weighted by Gasteiger charge is -2.26. The maximum Gasteiger partial charge on any atom is 0.226 e. The third kappa shape index (κ3) is 4.01. The van der Waals surface area contributed by atoms with Crippen LogP contribution < -0.4 is 0 Å². The predicted molar refractivity (Wildman–Crippen MR) is 65.2 cm³/mol. The Morgan fingerprint density at radius 1 is 1.47 bits per heavy atom. The van der Waals surface area contributed by atoms with Crippen LogP contribution in [0, 0.1) is 23.2 Å². The first-order chi connectivity index (χ1) is 8.20. The first kappa shape index (κ1) is 14.0. The molecule has 0 spiro atoms. The van der Waals surface area contributed by atoms with Gasteiger partial charge in [0.05, 0.1) is 19.1 Å². The van der Waals surface area contributed by atoms with E-state index in [4.69, 9.17) is 10.00 Å². The number of carbonyl (C=O) groups is 1. The number of hydrogen-bond acceptors (Lipinski definition) is 3. The van der Waals surface area contributed by atoms with Gasteiger partial charge in [0.2, 0.25) is 5.91 Å². The van der Waals surface area contributed by atoms with Crippen LogP contribution in [0.2, 0.25) is 0 Å². The van der Waals surface area contributed by atoms with Crippen molar-refractivity contribution in [1.82, 2.24) is 4.90 Å². The fourth-order valence-corrected chi connectivity index (χ4v) is 2.47. The van der Waals surface area contributed by atoms with Gasteiger partial charge in [0.15, 0.2) is 0 Å². The standard InChI is InChI=1S/C13H22N2O2/c1-11-5-3-6-12(11)13(16)15(8-4-7-14)9-10-17-2/h11-12H,3-6,8-10H2,1-2H3. The van der Waals surface area contributed by atoms with Gasteiger partial charge in [0, 0.05) is 26.1 Å². The van der Waals surface area contributed by atoms with Gasteiger partial charge in [-0.1, -0.05) is 13.3 Å². The lowest BCUT2D eigenvalue weighted by atomic mass is 9.96. The van der Waals surface area contributed by atoms with Crippen LogP contribution >= 0.6 is 0 Å². The third-order valence-electron chi connectivity index (χ3n) is 3.55. The Bertz CT molecular complexity index is 286. The lowest BCUT2D eigenvalue weighted by molar-refractivity contribution is -0.137. The van der Waals surface area contributed by atoms with Gasteiger partial charge < -0.3 is 9.64 Å². The second-order valence-corrected chi connectivity index (χ2v) is 4.74. The summed E-state index contributed by atoms with van der Waals surface area (Å²) in [6, 6.07) is 2.10. The summed E-state index contributed by atoms with van der Waals surface area (Å²) in [4.78, 5) is 14.1. The second kappa shape index (κ2) is 7.29. The molecule has 0 radical (unpaired) electrons. The zero-order valence-electron chi connectivity index (χ0n) is 10.8. The highest BCUT2D eigenvalue weighted by atomic mass is 16.5. The maximum atomic E-state index is 12.3. The molecule has 96 valence electrons. The largest absolute Gasteiger partial charge is 0.383 e. The first-order valence-corrected chi connectivity index (χ1v) is 6.35. The van der Waals surface area contributed by atoms with Gasteiger partial charge in [0.25, 0.3) is 0 Å². The Morgan fingerprint density at radius 2 is 2.24 bits per heavy atom. The summed E-state index contributed by atoms with van der Waals surface area (Å²) in [6.45, 7) is 3.81. The van der Waals surface area contributed by atoms with Gasteiger partial charge in [-0.3, -0.25) is 4.79 Å². The summed E-state index contributed by atoms with van der Waals surface area (Å²) >= 11 is 0. The van der Waals surface area contributed by atoms with Crippen molar-refractivity contribution in [3.63, 3.8) is 0 Å². The minimum absolute atomic E-state index is 0.158. The van der Waals surface area contributed by atoms with Crippen LogP contribution in [-0.4, -0.2) is 37.6 Å². The number of rotatable bonds is 6. The number of amides is 1. The number of nitrogens with zero attached hydrogens (tertiary/aromatic N) is 2. The average molecular weight is 238 g/mol. The zero-order valence-corrected chi connectivity index (χ0v) is 10.8. The topological polar surface area (TPSA) is 53.3 Å². The molecule has 1 aliphatic rings. The van der Waals surface area contributed by atoms with Crippen LogP contribution in [-0.2, 0) is 9.53 Å². The molecule has 2 unspecified atom stereocenters. The predicted octanol–water partition coefficient (Wildman–Crippen LogP) is 1.81. The average Bonchev–Trinajstić information content (AvgIpc) is 2.75. The van der Waals surface area contributed by atoms with Crippen molar-refractivity contribution in [2.24, 2.45) is 11.8 Å². The van der Waals surface area contributed by atoms with Crippen LogP contribution in [0.1, 0.15) is 32.6 Å². The van der Waals surface area contributed by atoms with Gasteiger partial charge in [-0.2, -0.15) is 5.26 Å². The van der Waals surface area contributed by atoms with Crippen molar-refractivity contribution in [3.8, 4) is 6.07 Å². The molecule has 1 saturated carbocycles. The van der Waals surface area contributed by atoms with E-state index in [0.717, 1.165) is 19.3 Å².